The molecule has 0 amide bonds. The van der Waals surface area contributed by atoms with Crippen molar-refractivity contribution < 1.29 is 4.79 Å². The van der Waals surface area contributed by atoms with Crippen LogP contribution in [0.3, 0.4) is 0 Å². The van der Waals surface area contributed by atoms with Crippen LogP contribution in [-0.4, -0.2) is 19.9 Å². The van der Waals surface area contributed by atoms with E-state index in [1.165, 1.54) is 17.0 Å². The Kier molecular flexibility index (Phi) is 1.89. The molecule has 0 N–H and O–H groups in total. The molecule has 1 aliphatic heterocycles. The molecule has 2 heterocycles. The fourth-order valence-electron chi connectivity index (χ4n) is 1.61. The Hall–Kier alpha value is -0.830. The minimum atomic E-state index is 0.855. The minimum absolute atomic E-state index is 0.855. The molecule has 0 aromatic carbocycles. The van der Waals surface area contributed by atoms with Crippen LogP contribution >= 0.6 is 11.3 Å². The fourth-order valence-corrected chi connectivity index (χ4v) is 2.62. The van der Waals surface area contributed by atoms with Crippen LogP contribution in [0.15, 0.2) is 6.07 Å². The Morgan fingerprint density at radius 3 is 3.17 bits per heavy atom. The first-order valence-corrected chi connectivity index (χ1v) is 4.92. The molecule has 0 saturated carbocycles. The van der Waals surface area contributed by atoms with E-state index in [9.17, 15) is 4.79 Å². The second-order valence-corrected chi connectivity index (χ2v) is 4.18. The summed E-state index contributed by atoms with van der Waals surface area (Å²) < 4.78 is 0. The van der Waals surface area contributed by atoms with Gasteiger partial charge in [-0.3, -0.25) is 4.79 Å². The van der Waals surface area contributed by atoms with Crippen LogP contribution in [0.25, 0.3) is 0 Å². The van der Waals surface area contributed by atoms with Crippen molar-refractivity contribution in [2.75, 3.05) is 18.5 Å². The Labute approximate surface area is 75.8 Å². The number of thiophene rings is 1. The van der Waals surface area contributed by atoms with Crippen LogP contribution in [0.4, 0.5) is 5.00 Å². The van der Waals surface area contributed by atoms with Gasteiger partial charge in [0, 0.05) is 13.6 Å². The van der Waals surface area contributed by atoms with Crippen LogP contribution in [0.5, 0.6) is 0 Å². The topological polar surface area (TPSA) is 20.3 Å². The summed E-state index contributed by atoms with van der Waals surface area (Å²) >= 11 is 1.60. The van der Waals surface area contributed by atoms with Crippen molar-refractivity contribution in [3.63, 3.8) is 0 Å². The van der Waals surface area contributed by atoms with Gasteiger partial charge in [0.15, 0.2) is 6.29 Å². The van der Waals surface area contributed by atoms with Gasteiger partial charge in [-0.1, -0.05) is 0 Å². The van der Waals surface area contributed by atoms with Crippen LogP contribution in [0, 0.1) is 0 Å². The normalized spacial score (nSPS) is 15.9. The average Bonchev–Trinajstić information content (AvgIpc) is 2.49. The van der Waals surface area contributed by atoms with E-state index >= 15 is 0 Å². The Balaban J connectivity index is 2.43. The van der Waals surface area contributed by atoms with Gasteiger partial charge in [0.2, 0.25) is 0 Å². The van der Waals surface area contributed by atoms with Gasteiger partial charge in [-0.05, 0) is 24.5 Å². The highest BCUT2D eigenvalue weighted by Crippen LogP contribution is 2.33. The van der Waals surface area contributed by atoms with E-state index in [0.717, 1.165) is 24.1 Å². The lowest BCUT2D eigenvalue weighted by Crippen LogP contribution is -2.22. The maximum Gasteiger partial charge on any atom is 0.160 e. The van der Waals surface area contributed by atoms with Crippen molar-refractivity contribution in [3.05, 3.63) is 16.5 Å². The first kappa shape index (κ1) is 7.80. The van der Waals surface area contributed by atoms with E-state index in [1.807, 2.05) is 6.07 Å². The van der Waals surface area contributed by atoms with Gasteiger partial charge < -0.3 is 4.90 Å². The summed E-state index contributed by atoms with van der Waals surface area (Å²) in [6, 6.07) is 2.02. The van der Waals surface area contributed by atoms with Gasteiger partial charge in [0.1, 0.15) is 0 Å². The largest absolute Gasteiger partial charge is 0.366 e. The molecule has 1 aromatic heterocycles. The first-order chi connectivity index (χ1) is 5.81. The summed E-state index contributed by atoms with van der Waals surface area (Å²) in [6.07, 6.45) is 3.28. The summed E-state index contributed by atoms with van der Waals surface area (Å²) in [4.78, 5) is 13.6. The Morgan fingerprint density at radius 2 is 2.50 bits per heavy atom. The van der Waals surface area contributed by atoms with E-state index in [-0.39, 0.29) is 0 Å². The number of fused-ring (bicyclic) bond motifs is 1. The number of carbonyl (C=O) groups excluding carboxylic acids is 1. The van der Waals surface area contributed by atoms with Crippen molar-refractivity contribution in [1.29, 1.82) is 0 Å². The highest BCUT2D eigenvalue weighted by molar-refractivity contribution is 7.17. The number of aryl methyl sites for hydroxylation is 1. The molecule has 0 fully saturated rings. The summed E-state index contributed by atoms with van der Waals surface area (Å²) in [7, 11) is 2.09. The van der Waals surface area contributed by atoms with E-state index in [2.05, 4.69) is 11.9 Å². The molecular weight excluding hydrogens is 170 g/mol. The maximum absolute atomic E-state index is 10.5. The second-order valence-electron chi connectivity index (χ2n) is 3.12. The lowest BCUT2D eigenvalue weighted by Gasteiger charge is -2.23. The van der Waals surface area contributed by atoms with Gasteiger partial charge in [-0.2, -0.15) is 0 Å². The molecule has 0 bridgehead atoms. The van der Waals surface area contributed by atoms with Crippen LogP contribution < -0.4 is 4.90 Å². The SMILES string of the molecule is CN1CCCc2cc(C=O)sc21. The lowest BCUT2D eigenvalue weighted by atomic mass is 10.1. The average molecular weight is 181 g/mol. The third kappa shape index (κ3) is 1.14. The smallest absolute Gasteiger partial charge is 0.160 e. The van der Waals surface area contributed by atoms with Crippen molar-refractivity contribution >= 4 is 22.6 Å². The molecule has 1 aromatic rings. The number of carbonyl (C=O) groups is 1. The van der Waals surface area contributed by atoms with Gasteiger partial charge >= 0.3 is 0 Å². The molecule has 0 atom stereocenters. The number of hydrogen-bond donors (Lipinski definition) is 0. The van der Waals surface area contributed by atoms with E-state index in [0.29, 0.717) is 0 Å². The molecule has 3 heteroatoms. The zero-order chi connectivity index (χ0) is 8.55. The van der Waals surface area contributed by atoms with Crippen LogP contribution in [0.2, 0.25) is 0 Å². The number of nitrogens with zero attached hydrogens (tertiary/aromatic N) is 1. The van der Waals surface area contributed by atoms with Crippen molar-refractivity contribution in [2.24, 2.45) is 0 Å². The monoisotopic (exact) mass is 181 g/mol. The molecule has 64 valence electrons. The molecule has 12 heavy (non-hydrogen) atoms. The van der Waals surface area contributed by atoms with E-state index < -0.39 is 0 Å². The Bertz CT molecular complexity index is 305. The highest BCUT2D eigenvalue weighted by Gasteiger charge is 2.16. The summed E-state index contributed by atoms with van der Waals surface area (Å²) in [6.45, 7) is 1.12. The fraction of sp³-hybridized carbons (Fsp3) is 0.444. The summed E-state index contributed by atoms with van der Waals surface area (Å²) in [5, 5.41) is 1.28. The number of hydrogen-bond acceptors (Lipinski definition) is 3. The van der Waals surface area contributed by atoms with Gasteiger partial charge in [-0.25, -0.2) is 0 Å². The zero-order valence-corrected chi connectivity index (χ0v) is 7.86. The van der Waals surface area contributed by atoms with Crippen molar-refractivity contribution in [3.8, 4) is 0 Å². The molecule has 1 aliphatic rings. The molecule has 0 radical (unpaired) electrons. The van der Waals surface area contributed by atoms with E-state index in [4.69, 9.17) is 0 Å². The summed E-state index contributed by atoms with van der Waals surface area (Å²) in [5.74, 6) is 0. The standard InChI is InChI=1S/C9H11NOS/c1-10-4-2-3-7-5-8(6-11)12-9(7)10/h5-6H,2-4H2,1H3. The lowest BCUT2D eigenvalue weighted by molar-refractivity contribution is 0.112. The minimum Gasteiger partial charge on any atom is -0.366 e. The van der Waals surface area contributed by atoms with Gasteiger partial charge in [0.25, 0.3) is 0 Å². The molecule has 0 saturated heterocycles. The molecule has 0 aliphatic carbocycles. The van der Waals surface area contributed by atoms with Crippen LogP contribution in [0.1, 0.15) is 21.7 Å². The molecule has 2 nitrogen and oxygen atoms in total. The maximum atomic E-state index is 10.5. The van der Waals surface area contributed by atoms with Crippen molar-refractivity contribution in [2.45, 2.75) is 12.8 Å². The van der Waals surface area contributed by atoms with E-state index in [1.54, 1.807) is 11.3 Å². The third-order valence-electron chi connectivity index (χ3n) is 2.21. The third-order valence-corrected chi connectivity index (χ3v) is 3.43. The van der Waals surface area contributed by atoms with Gasteiger partial charge in [0.05, 0.1) is 9.88 Å². The predicted octanol–water partition coefficient (Wildman–Crippen LogP) is 1.94. The zero-order valence-electron chi connectivity index (χ0n) is 7.04. The number of anilines is 1. The second kappa shape index (κ2) is 2.90. The Morgan fingerprint density at radius 1 is 1.67 bits per heavy atom. The molecule has 0 spiro atoms. The molecular formula is C9H11NOS. The van der Waals surface area contributed by atoms with Crippen molar-refractivity contribution in [1.82, 2.24) is 0 Å². The first-order valence-electron chi connectivity index (χ1n) is 4.10. The quantitative estimate of drug-likeness (QED) is 0.617. The van der Waals surface area contributed by atoms with Gasteiger partial charge in [-0.15, -0.1) is 11.3 Å². The highest BCUT2D eigenvalue weighted by atomic mass is 32.1. The number of aldehydes is 1. The molecule has 0 unspecified atom stereocenters. The predicted molar refractivity (Wildman–Crippen MR) is 51.3 cm³/mol. The molecule has 2 rings (SSSR count). The summed E-state index contributed by atoms with van der Waals surface area (Å²) in [5.41, 5.74) is 1.34. The number of rotatable bonds is 1. The van der Waals surface area contributed by atoms with Crippen LogP contribution in [-0.2, 0) is 6.42 Å².